The molecule has 1 aromatic heterocycles. The van der Waals surface area contributed by atoms with Gasteiger partial charge in [0.15, 0.2) is 0 Å². The highest BCUT2D eigenvalue weighted by atomic mass is 16.5. The van der Waals surface area contributed by atoms with Gasteiger partial charge in [0.1, 0.15) is 23.7 Å². The molecule has 6 nitrogen and oxygen atoms in total. The Labute approximate surface area is 152 Å². The lowest BCUT2D eigenvalue weighted by atomic mass is 9.95. The van der Waals surface area contributed by atoms with E-state index in [1.807, 2.05) is 30.3 Å². The molecule has 4 atom stereocenters. The van der Waals surface area contributed by atoms with Gasteiger partial charge in [0, 0.05) is 32.0 Å². The lowest BCUT2D eigenvalue weighted by molar-refractivity contribution is 0.0177. The fraction of sp³-hybridized carbons (Fsp3) is 0.450. The fourth-order valence-electron chi connectivity index (χ4n) is 4.24. The van der Waals surface area contributed by atoms with Crippen molar-refractivity contribution >= 4 is 0 Å². The lowest BCUT2D eigenvalue weighted by Gasteiger charge is -2.24. The van der Waals surface area contributed by atoms with Gasteiger partial charge < -0.3 is 20.1 Å². The highest BCUT2D eigenvalue weighted by Gasteiger charge is 2.52. The van der Waals surface area contributed by atoms with Crippen LogP contribution in [0.1, 0.15) is 24.6 Å². The Kier molecular flexibility index (Phi) is 4.56. The van der Waals surface area contributed by atoms with E-state index in [0.717, 1.165) is 18.7 Å². The van der Waals surface area contributed by atoms with Crippen molar-refractivity contribution in [2.24, 2.45) is 5.92 Å². The van der Waals surface area contributed by atoms with E-state index >= 15 is 0 Å². The van der Waals surface area contributed by atoms with Crippen LogP contribution >= 0.6 is 0 Å². The van der Waals surface area contributed by atoms with Crippen LogP contribution in [0.15, 0.2) is 48.7 Å². The van der Waals surface area contributed by atoms with Gasteiger partial charge in [-0.3, -0.25) is 9.88 Å². The number of para-hydroxylation sites is 1. The number of aliphatic hydroxyl groups excluding tert-OH is 1. The Morgan fingerprint density at radius 3 is 2.73 bits per heavy atom. The van der Waals surface area contributed by atoms with Crippen LogP contribution in [0.2, 0.25) is 0 Å². The molecule has 0 radical (unpaired) electrons. The number of hydrogen-bond acceptors (Lipinski definition) is 6. The second kappa shape index (κ2) is 6.87. The maximum atomic E-state index is 11.0. The topological polar surface area (TPSA) is 86.1 Å². The second-order valence-electron chi connectivity index (χ2n) is 7.44. The largest absolute Gasteiger partial charge is 0.506 e. The first-order valence-corrected chi connectivity index (χ1v) is 9.01. The maximum Gasteiger partial charge on any atom is 0.133 e. The molecule has 0 amide bonds. The lowest BCUT2D eigenvalue weighted by Crippen LogP contribution is -2.36. The summed E-state index contributed by atoms with van der Waals surface area (Å²) in [7, 11) is 0. The van der Waals surface area contributed by atoms with E-state index in [9.17, 15) is 15.3 Å². The summed E-state index contributed by atoms with van der Waals surface area (Å²) < 4.78 is 6.01. The van der Waals surface area contributed by atoms with E-state index in [1.54, 1.807) is 6.07 Å². The van der Waals surface area contributed by atoms with Crippen molar-refractivity contribution in [3.05, 3.63) is 54.4 Å². The van der Waals surface area contributed by atoms with Crippen molar-refractivity contribution in [2.75, 3.05) is 19.6 Å². The average Bonchev–Trinajstić information content (AvgIpc) is 3.06. The summed E-state index contributed by atoms with van der Waals surface area (Å²) in [6.45, 7) is 1.68. The molecule has 2 fully saturated rings. The van der Waals surface area contributed by atoms with Crippen molar-refractivity contribution in [1.29, 1.82) is 0 Å². The molecule has 6 heteroatoms. The molecule has 1 saturated heterocycles. The van der Waals surface area contributed by atoms with Crippen LogP contribution in [0.5, 0.6) is 11.5 Å². The molecular formula is C20H24N2O4. The minimum absolute atomic E-state index is 0.0261. The molecular weight excluding hydrogens is 332 g/mol. The van der Waals surface area contributed by atoms with Gasteiger partial charge in [0.2, 0.25) is 0 Å². The summed E-state index contributed by atoms with van der Waals surface area (Å²) in [4.78, 5) is 6.15. The molecule has 1 aromatic carbocycles. The molecule has 4 rings (SSSR count). The van der Waals surface area contributed by atoms with Crippen LogP contribution in [-0.2, 0) is 0 Å². The number of aromatic hydroxyl groups is 1. The molecule has 26 heavy (non-hydrogen) atoms. The van der Waals surface area contributed by atoms with Gasteiger partial charge in [0.25, 0.3) is 0 Å². The fourth-order valence-corrected chi connectivity index (χ4v) is 4.24. The van der Waals surface area contributed by atoms with E-state index in [2.05, 4.69) is 9.88 Å². The second-order valence-corrected chi connectivity index (χ2v) is 7.44. The van der Waals surface area contributed by atoms with Gasteiger partial charge in [-0.25, -0.2) is 0 Å². The summed E-state index contributed by atoms with van der Waals surface area (Å²) in [5.74, 6) is 1.07. The first-order chi connectivity index (χ1) is 12.5. The van der Waals surface area contributed by atoms with E-state index in [-0.39, 0.29) is 17.8 Å². The van der Waals surface area contributed by atoms with E-state index < -0.39 is 11.7 Å². The van der Waals surface area contributed by atoms with Gasteiger partial charge in [-0.1, -0.05) is 18.2 Å². The van der Waals surface area contributed by atoms with E-state index in [0.29, 0.717) is 25.2 Å². The predicted octanol–water partition coefficient (Wildman–Crippen LogP) is 1.72. The third-order valence-electron chi connectivity index (χ3n) is 5.45. The molecule has 1 aliphatic heterocycles. The molecule has 2 aromatic rings. The highest BCUT2D eigenvalue weighted by molar-refractivity contribution is 5.22. The Morgan fingerprint density at radius 1 is 1.23 bits per heavy atom. The van der Waals surface area contributed by atoms with Crippen molar-refractivity contribution in [3.63, 3.8) is 0 Å². The standard InChI is InChI=1S/C20H24N2O4/c23-15-6-7-18(21-10-15)19(24)12-22-11-14-8-17(9-20(14,25)13-22)26-16-4-2-1-3-5-16/h1-7,10,14,17,19,23-25H,8-9,11-13H2/t14-,17+,19-,20-/m0/s1. The minimum Gasteiger partial charge on any atom is -0.506 e. The van der Waals surface area contributed by atoms with Crippen LogP contribution < -0.4 is 4.74 Å². The number of likely N-dealkylation sites (tertiary alicyclic amines) is 1. The van der Waals surface area contributed by atoms with Gasteiger partial charge in [-0.15, -0.1) is 0 Å². The van der Waals surface area contributed by atoms with Crippen LogP contribution in [0, 0.1) is 5.92 Å². The molecule has 2 heterocycles. The van der Waals surface area contributed by atoms with E-state index in [4.69, 9.17) is 4.74 Å². The van der Waals surface area contributed by atoms with Crippen molar-refractivity contribution in [2.45, 2.75) is 30.7 Å². The Bertz CT molecular complexity index is 739. The number of rotatable bonds is 5. The van der Waals surface area contributed by atoms with Crippen LogP contribution in [0.25, 0.3) is 0 Å². The van der Waals surface area contributed by atoms with Crippen molar-refractivity contribution in [3.8, 4) is 11.5 Å². The first-order valence-electron chi connectivity index (χ1n) is 9.01. The highest BCUT2D eigenvalue weighted by Crippen LogP contribution is 2.43. The monoisotopic (exact) mass is 356 g/mol. The Balaban J connectivity index is 1.33. The van der Waals surface area contributed by atoms with E-state index in [1.165, 1.54) is 12.3 Å². The number of β-amino-alcohol motifs (C(OH)–C–C–N with tert-alkyl or cyclic N) is 2. The van der Waals surface area contributed by atoms with Gasteiger partial charge in [-0.2, -0.15) is 0 Å². The Morgan fingerprint density at radius 2 is 2.04 bits per heavy atom. The number of benzene rings is 1. The molecule has 1 aliphatic carbocycles. The molecule has 0 spiro atoms. The number of fused-ring (bicyclic) bond motifs is 1. The van der Waals surface area contributed by atoms with Crippen LogP contribution in [-0.4, -0.2) is 56.5 Å². The number of ether oxygens (including phenoxy) is 1. The molecule has 138 valence electrons. The van der Waals surface area contributed by atoms with Crippen LogP contribution in [0.4, 0.5) is 0 Å². The Hall–Kier alpha value is -2.15. The van der Waals surface area contributed by atoms with Crippen LogP contribution in [0.3, 0.4) is 0 Å². The third-order valence-corrected chi connectivity index (χ3v) is 5.45. The summed E-state index contributed by atoms with van der Waals surface area (Å²) >= 11 is 0. The van der Waals surface area contributed by atoms with Crippen molar-refractivity contribution in [1.82, 2.24) is 9.88 Å². The number of aliphatic hydroxyl groups is 2. The molecule has 1 saturated carbocycles. The maximum absolute atomic E-state index is 11.0. The number of hydrogen-bond donors (Lipinski definition) is 3. The normalized spacial score (nSPS) is 29.5. The van der Waals surface area contributed by atoms with Crippen molar-refractivity contribution < 1.29 is 20.1 Å². The number of aromatic nitrogens is 1. The zero-order valence-corrected chi connectivity index (χ0v) is 14.5. The smallest absolute Gasteiger partial charge is 0.133 e. The third kappa shape index (κ3) is 3.53. The average molecular weight is 356 g/mol. The summed E-state index contributed by atoms with van der Waals surface area (Å²) in [6, 6.07) is 12.9. The number of nitrogens with zero attached hydrogens (tertiary/aromatic N) is 2. The minimum atomic E-state index is -0.762. The predicted molar refractivity (Wildman–Crippen MR) is 95.8 cm³/mol. The zero-order valence-electron chi connectivity index (χ0n) is 14.5. The first kappa shape index (κ1) is 17.3. The molecule has 0 bridgehead atoms. The molecule has 2 aliphatic rings. The number of pyridine rings is 1. The van der Waals surface area contributed by atoms with Gasteiger partial charge in [-0.05, 0) is 30.7 Å². The summed E-state index contributed by atoms with van der Waals surface area (Å²) in [5, 5.41) is 30.7. The van der Waals surface area contributed by atoms with Gasteiger partial charge >= 0.3 is 0 Å². The molecule has 0 unspecified atom stereocenters. The zero-order chi connectivity index (χ0) is 18.1. The quantitative estimate of drug-likeness (QED) is 0.756. The SMILES string of the molecule is Oc1ccc([C@@H](O)CN2C[C@@H]3C[C@@H](Oc4ccccc4)C[C@]3(O)C2)nc1. The van der Waals surface area contributed by atoms with Gasteiger partial charge in [0.05, 0.1) is 17.5 Å². The molecule has 3 N–H and O–H groups in total. The summed E-state index contributed by atoms with van der Waals surface area (Å²) in [6.07, 6.45) is 2.04. The summed E-state index contributed by atoms with van der Waals surface area (Å²) in [5.41, 5.74) is -0.237.